The van der Waals surface area contributed by atoms with E-state index in [1.807, 2.05) is 0 Å². The van der Waals surface area contributed by atoms with Gasteiger partial charge in [-0.1, -0.05) is 31.4 Å². The van der Waals surface area contributed by atoms with Crippen molar-refractivity contribution in [1.29, 1.82) is 0 Å². The molecule has 0 radical (unpaired) electrons. The van der Waals surface area contributed by atoms with E-state index in [-0.39, 0.29) is 18.5 Å². The number of carboxylic acid groups (broad SMARTS) is 1. The summed E-state index contributed by atoms with van der Waals surface area (Å²) in [6.45, 7) is 0. The lowest BCUT2D eigenvalue weighted by Gasteiger charge is -2.37. The predicted molar refractivity (Wildman–Crippen MR) is 76.5 cm³/mol. The standard InChI is InChI=1S/C15H24N2O3/c18-13(19)11-15(9-5-2-6-10-15)17-14(20)16-12-7-3-1-4-8-12/h1,3,12H,2,4-11H2,(H,18,19)(H2,16,17,20). The van der Waals surface area contributed by atoms with Crippen molar-refractivity contribution in [3.05, 3.63) is 12.2 Å². The maximum absolute atomic E-state index is 12.1. The van der Waals surface area contributed by atoms with Gasteiger partial charge in [0.2, 0.25) is 0 Å². The molecule has 2 aliphatic rings. The largest absolute Gasteiger partial charge is 0.481 e. The van der Waals surface area contributed by atoms with E-state index in [0.717, 1.165) is 51.4 Å². The maximum atomic E-state index is 12.1. The molecule has 5 heteroatoms. The van der Waals surface area contributed by atoms with Crippen molar-refractivity contribution in [3.63, 3.8) is 0 Å². The summed E-state index contributed by atoms with van der Waals surface area (Å²) >= 11 is 0. The number of hydrogen-bond donors (Lipinski definition) is 3. The average Bonchev–Trinajstić information content (AvgIpc) is 2.39. The van der Waals surface area contributed by atoms with Gasteiger partial charge in [-0.15, -0.1) is 0 Å². The third-order valence-electron chi connectivity index (χ3n) is 4.28. The highest BCUT2D eigenvalue weighted by Crippen LogP contribution is 2.31. The Morgan fingerprint density at radius 2 is 1.95 bits per heavy atom. The van der Waals surface area contributed by atoms with E-state index in [1.165, 1.54) is 0 Å². The molecule has 1 unspecified atom stereocenters. The summed E-state index contributed by atoms with van der Waals surface area (Å²) in [5, 5.41) is 15.0. The van der Waals surface area contributed by atoms with Gasteiger partial charge in [-0.25, -0.2) is 4.79 Å². The van der Waals surface area contributed by atoms with Crippen molar-refractivity contribution in [2.24, 2.45) is 0 Å². The molecule has 0 heterocycles. The molecule has 0 aromatic carbocycles. The van der Waals surface area contributed by atoms with Gasteiger partial charge < -0.3 is 15.7 Å². The summed E-state index contributed by atoms with van der Waals surface area (Å²) in [6.07, 6.45) is 11.7. The van der Waals surface area contributed by atoms with Crippen LogP contribution in [-0.4, -0.2) is 28.7 Å². The third-order valence-corrected chi connectivity index (χ3v) is 4.28. The number of aliphatic carboxylic acids is 1. The molecule has 0 bridgehead atoms. The molecular weight excluding hydrogens is 256 g/mol. The van der Waals surface area contributed by atoms with E-state index in [4.69, 9.17) is 5.11 Å². The van der Waals surface area contributed by atoms with Gasteiger partial charge in [-0.3, -0.25) is 4.79 Å². The van der Waals surface area contributed by atoms with Crippen LogP contribution in [-0.2, 0) is 4.79 Å². The van der Waals surface area contributed by atoms with Gasteiger partial charge >= 0.3 is 12.0 Å². The minimum Gasteiger partial charge on any atom is -0.481 e. The van der Waals surface area contributed by atoms with Crippen LogP contribution in [0.2, 0.25) is 0 Å². The number of nitrogens with one attached hydrogen (secondary N) is 2. The second kappa shape index (κ2) is 6.77. The summed E-state index contributed by atoms with van der Waals surface area (Å²) < 4.78 is 0. The molecule has 2 amide bonds. The SMILES string of the molecule is O=C(O)CC1(NC(=O)NC2CC=CCC2)CCCCC1. The second-order valence-corrected chi connectivity index (χ2v) is 5.99. The van der Waals surface area contributed by atoms with Crippen molar-refractivity contribution >= 4 is 12.0 Å². The Morgan fingerprint density at radius 3 is 2.55 bits per heavy atom. The number of carbonyl (C=O) groups is 2. The second-order valence-electron chi connectivity index (χ2n) is 5.99. The zero-order chi connectivity index (χ0) is 14.4. The Balaban J connectivity index is 1.90. The summed E-state index contributed by atoms with van der Waals surface area (Å²) in [6, 6.07) is -0.0427. The maximum Gasteiger partial charge on any atom is 0.315 e. The van der Waals surface area contributed by atoms with E-state index in [1.54, 1.807) is 0 Å². The van der Waals surface area contributed by atoms with Crippen molar-refractivity contribution in [2.75, 3.05) is 0 Å². The number of rotatable bonds is 4. The molecule has 0 aromatic rings. The summed E-state index contributed by atoms with van der Waals surface area (Å²) in [5.41, 5.74) is -0.557. The number of carbonyl (C=O) groups excluding carboxylic acids is 1. The number of carboxylic acids is 1. The van der Waals surface area contributed by atoms with Crippen LogP contribution in [0.25, 0.3) is 0 Å². The van der Waals surface area contributed by atoms with Crippen LogP contribution in [0.15, 0.2) is 12.2 Å². The molecule has 2 rings (SSSR count). The smallest absolute Gasteiger partial charge is 0.315 e. The molecule has 0 aliphatic heterocycles. The average molecular weight is 280 g/mol. The molecule has 1 fully saturated rings. The molecule has 1 saturated carbocycles. The molecular formula is C15H24N2O3. The van der Waals surface area contributed by atoms with Crippen molar-refractivity contribution < 1.29 is 14.7 Å². The van der Waals surface area contributed by atoms with Crippen LogP contribution in [0.5, 0.6) is 0 Å². The van der Waals surface area contributed by atoms with Gasteiger partial charge in [-0.2, -0.15) is 0 Å². The van der Waals surface area contributed by atoms with E-state index in [0.29, 0.717) is 0 Å². The Labute approximate surface area is 119 Å². The first kappa shape index (κ1) is 14.9. The van der Waals surface area contributed by atoms with Crippen LogP contribution < -0.4 is 10.6 Å². The lowest BCUT2D eigenvalue weighted by molar-refractivity contribution is -0.139. The number of hydrogen-bond acceptors (Lipinski definition) is 2. The van der Waals surface area contributed by atoms with Crippen LogP contribution >= 0.6 is 0 Å². The predicted octanol–water partition coefficient (Wildman–Crippen LogP) is 2.57. The molecule has 3 N–H and O–H groups in total. The molecule has 0 spiro atoms. The first-order valence-electron chi connectivity index (χ1n) is 7.55. The topological polar surface area (TPSA) is 78.4 Å². The summed E-state index contributed by atoms with van der Waals surface area (Å²) in [7, 11) is 0. The highest BCUT2D eigenvalue weighted by Gasteiger charge is 2.36. The molecule has 0 aromatic heterocycles. The highest BCUT2D eigenvalue weighted by atomic mass is 16.4. The fraction of sp³-hybridized carbons (Fsp3) is 0.733. The third kappa shape index (κ3) is 4.25. The van der Waals surface area contributed by atoms with Crippen LogP contribution in [0.1, 0.15) is 57.8 Å². The summed E-state index contributed by atoms with van der Waals surface area (Å²) in [5.74, 6) is -0.840. The minimum atomic E-state index is -0.840. The number of allylic oxidation sites excluding steroid dienone is 1. The molecule has 5 nitrogen and oxygen atoms in total. The quantitative estimate of drug-likeness (QED) is 0.692. The van der Waals surface area contributed by atoms with Crippen LogP contribution in [0.3, 0.4) is 0 Å². The number of amides is 2. The zero-order valence-electron chi connectivity index (χ0n) is 11.9. The molecule has 1 atom stereocenters. The van der Waals surface area contributed by atoms with Crippen molar-refractivity contribution in [3.8, 4) is 0 Å². The van der Waals surface area contributed by atoms with Gasteiger partial charge in [0.15, 0.2) is 0 Å². The first-order valence-corrected chi connectivity index (χ1v) is 7.55. The first-order chi connectivity index (χ1) is 9.60. The van der Waals surface area contributed by atoms with Gasteiger partial charge in [0, 0.05) is 6.04 Å². The Kier molecular flexibility index (Phi) is 5.04. The summed E-state index contributed by atoms with van der Waals surface area (Å²) in [4.78, 5) is 23.2. The number of urea groups is 1. The van der Waals surface area contributed by atoms with E-state index < -0.39 is 11.5 Å². The molecule has 112 valence electrons. The fourth-order valence-electron chi connectivity index (χ4n) is 3.25. The minimum absolute atomic E-state index is 0.0188. The Morgan fingerprint density at radius 1 is 1.20 bits per heavy atom. The lowest BCUT2D eigenvalue weighted by atomic mass is 9.79. The van der Waals surface area contributed by atoms with Crippen LogP contribution in [0, 0.1) is 0 Å². The Hall–Kier alpha value is -1.52. The van der Waals surface area contributed by atoms with Gasteiger partial charge in [0.25, 0.3) is 0 Å². The van der Waals surface area contributed by atoms with Gasteiger partial charge in [-0.05, 0) is 32.1 Å². The fourth-order valence-corrected chi connectivity index (χ4v) is 3.25. The normalized spacial score (nSPS) is 24.9. The van der Waals surface area contributed by atoms with Crippen LogP contribution in [0.4, 0.5) is 4.79 Å². The zero-order valence-corrected chi connectivity index (χ0v) is 11.9. The van der Waals surface area contributed by atoms with E-state index >= 15 is 0 Å². The molecule has 0 saturated heterocycles. The van der Waals surface area contributed by atoms with Gasteiger partial charge in [0.1, 0.15) is 0 Å². The van der Waals surface area contributed by atoms with Crippen molar-refractivity contribution in [2.45, 2.75) is 69.4 Å². The molecule has 20 heavy (non-hydrogen) atoms. The monoisotopic (exact) mass is 280 g/mol. The van der Waals surface area contributed by atoms with E-state index in [9.17, 15) is 9.59 Å². The Bertz CT molecular complexity index is 387. The highest BCUT2D eigenvalue weighted by molar-refractivity contribution is 5.77. The van der Waals surface area contributed by atoms with Crippen molar-refractivity contribution in [1.82, 2.24) is 10.6 Å². The molecule has 2 aliphatic carbocycles. The van der Waals surface area contributed by atoms with Gasteiger partial charge in [0.05, 0.1) is 12.0 Å². The lowest BCUT2D eigenvalue weighted by Crippen LogP contribution is -2.55. The van der Waals surface area contributed by atoms with E-state index in [2.05, 4.69) is 22.8 Å².